The van der Waals surface area contributed by atoms with Crippen molar-refractivity contribution in [3.8, 4) is 5.75 Å². The van der Waals surface area contributed by atoms with Crippen LogP contribution in [-0.2, 0) is 0 Å². The van der Waals surface area contributed by atoms with Crippen molar-refractivity contribution in [3.05, 3.63) is 29.8 Å². The largest absolute Gasteiger partial charge is 0.493 e. The van der Waals surface area contributed by atoms with Crippen LogP contribution in [0.2, 0.25) is 0 Å². The van der Waals surface area contributed by atoms with Gasteiger partial charge in [-0.2, -0.15) is 0 Å². The maximum Gasteiger partial charge on any atom is 0.315 e. The van der Waals surface area contributed by atoms with Gasteiger partial charge in [0, 0.05) is 12.6 Å². The van der Waals surface area contributed by atoms with Gasteiger partial charge in [0.25, 0.3) is 0 Å². The Labute approximate surface area is 108 Å². The fraction of sp³-hybridized carbons (Fsp3) is 0.500. The van der Waals surface area contributed by atoms with Gasteiger partial charge in [0.2, 0.25) is 0 Å². The first-order valence-corrected chi connectivity index (χ1v) is 6.48. The van der Waals surface area contributed by atoms with E-state index in [4.69, 9.17) is 4.74 Å². The molecule has 0 heterocycles. The molecule has 0 spiro atoms. The normalized spacial score (nSPS) is 14.1. The second kappa shape index (κ2) is 6.28. The fourth-order valence-corrected chi connectivity index (χ4v) is 1.64. The zero-order valence-corrected chi connectivity index (χ0v) is 10.7. The van der Waals surface area contributed by atoms with Gasteiger partial charge in [0.1, 0.15) is 5.75 Å². The lowest BCUT2D eigenvalue weighted by Gasteiger charge is -2.09. The van der Waals surface area contributed by atoms with E-state index in [0.717, 1.165) is 30.6 Å². The molecule has 2 amide bonds. The van der Waals surface area contributed by atoms with Crippen LogP contribution in [0.3, 0.4) is 0 Å². The minimum absolute atomic E-state index is 0.0617. The highest BCUT2D eigenvalue weighted by Gasteiger charge is 2.22. The van der Waals surface area contributed by atoms with Crippen LogP contribution < -0.4 is 15.4 Å². The Bertz CT molecular complexity index is 403. The number of hydrogen-bond acceptors (Lipinski definition) is 2. The average Bonchev–Trinajstić information content (AvgIpc) is 3.15. The zero-order valence-electron chi connectivity index (χ0n) is 10.7. The van der Waals surface area contributed by atoms with E-state index in [1.807, 2.05) is 31.2 Å². The molecule has 0 aromatic heterocycles. The molecule has 1 fully saturated rings. The number of benzene rings is 1. The summed E-state index contributed by atoms with van der Waals surface area (Å²) in [5, 5.41) is 5.71. The highest BCUT2D eigenvalue weighted by Crippen LogP contribution is 2.18. The molecule has 0 atom stereocenters. The number of carbonyl (C=O) groups excluding carboxylic acids is 1. The lowest BCUT2D eigenvalue weighted by Crippen LogP contribution is -2.37. The summed E-state index contributed by atoms with van der Waals surface area (Å²) in [4.78, 5) is 11.3. The monoisotopic (exact) mass is 248 g/mol. The summed E-state index contributed by atoms with van der Waals surface area (Å²) >= 11 is 0. The number of hydrogen-bond donors (Lipinski definition) is 2. The van der Waals surface area contributed by atoms with E-state index in [-0.39, 0.29) is 6.03 Å². The Hall–Kier alpha value is -1.71. The van der Waals surface area contributed by atoms with E-state index in [9.17, 15) is 4.79 Å². The lowest BCUT2D eigenvalue weighted by atomic mass is 10.2. The van der Waals surface area contributed by atoms with Gasteiger partial charge in [-0.1, -0.05) is 18.2 Å². The Balaban J connectivity index is 1.55. The highest BCUT2D eigenvalue weighted by atomic mass is 16.5. The molecule has 2 N–H and O–H groups in total. The van der Waals surface area contributed by atoms with E-state index in [1.165, 1.54) is 0 Å². The van der Waals surface area contributed by atoms with Crippen LogP contribution in [-0.4, -0.2) is 25.2 Å². The molecule has 1 aliphatic carbocycles. The van der Waals surface area contributed by atoms with Crippen LogP contribution in [0, 0.1) is 6.92 Å². The van der Waals surface area contributed by atoms with Crippen LogP contribution in [0.5, 0.6) is 5.75 Å². The van der Waals surface area contributed by atoms with Crippen LogP contribution in [0.4, 0.5) is 4.79 Å². The minimum atomic E-state index is -0.0617. The van der Waals surface area contributed by atoms with Crippen molar-refractivity contribution in [2.45, 2.75) is 32.2 Å². The van der Waals surface area contributed by atoms with Crippen molar-refractivity contribution < 1.29 is 9.53 Å². The van der Waals surface area contributed by atoms with Gasteiger partial charge in [-0.25, -0.2) is 4.79 Å². The predicted molar refractivity (Wildman–Crippen MR) is 70.8 cm³/mol. The molecule has 0 unspecified atom stereocenters. The molecule has 1 aliphatic rings. The standard InChI is InChI=1S/C14H20N2O2/c1-11-5-2-3-6-13(11)18-10-4-9-15-14(17)16-12-7-8-12/h2-3,5-6,12H,4,7-10H2,1H3,(H2,15,16,17). The third-order valence-corrected chi connectivity index (χ3v) is 2.87. The third-order valence-electron chi connectivity index (χ3n) is 2.87. The summed E-state index contributed by atoms with van der Waals surface area (Å²) in [6, 6.07) is 8.29. The summed E-state index contributed by atoms with van der Waals surface area (Å²) < 4.78 is 5.64. The molecule has 0 radical (unpaired) electrons. The van der Waals surface area contributed by atoms with Crippen LogP contribution >= 0.6 is 0 Å². The lowest BCUT2D eigenvalue weighted by molar-refractivity contribution is 0.238. The number of urea groups is 1. The van der Waals surface area contributed by atoms with Crippen molar-refractivity contribution in [2.24, 2.45) is 0 Å². The minimum Gasteiger partial charge on any atom is -0.493 e. The molecule has 18 heavy (non-hydrogen) atoms. The molecule has 1 aromatic rings. The molecule has 1 aromatic carbocycles. The van der Waals surface area contributed by atoms with Gasteiger partial charge in [-0.05, 0) is 37.8 Å². The average molecular weight is 248 g/mol. The highest BCUT2D eigenvalue weighted by molar-refractivity contribution is 5.74. The summed E-state index contributed by atoms with van der Waals surface area (Å²) in [5.41, 5.74) is 1.14. The first kappa shape index (κ1) is 12.7. The molecule has 0 aliphatic heterocycles. The quantitative estimate of drug-likeness (QED) is 0.758. The third kappa shape index (κ3) is 4.28. The summed E-state index contributed by atoms with van der Waals surface area (Å²) in [7, 11) is 0. The Morgan fingerprint density at radius 2 is 2.17 bits per heavy atom. The fourth-order valence-electron chi connectivity index (χ4n) is 1.64. The van der Waals surface area contributed by atoms with Gasteiger partial charge in [-0.15, -0.1) is 0 Å². The summed E-state index contributed by atoms with van der Waals surface area (Å²) in [5.74, 6) is 0.917. The SMILES string of the molecule is Cc1ccccc1OCCCNC(=O)NC1CC1. The first-order chi connectivity index (χ1) is 8.75. The van der Waals surface area contributed by atoms with Crippen molar-refractivity contribution in [2.75, 3.05) is 13.2 Å². The van der Waals surface area contributed by atoms with E-state index in [1.54, 1.807) is 0 Å². The Kier molecular flexibility index (Phi) is 4.45. The molecule has 1 saturated carbocycles. The van der Waals surface area contributed by atoms with Crippen molar-refractivity contribution in [1.29, 1.82) is 0 Å². The zero-order chi connectivity index (χ0) is 12.8. The maximum atomic E-state index is 11.3. The van der Waals surface area contributed by atoms with Gasteiger partial charge < -0.3 is 15.4 Å². The van der Waals surface area contributed by atoms with Crippen molar-refractivity contribution >= 4 is 6.03 Å². The van der Waals surface area contributed by atoms with Gasteiger partial charge >= 0.3 is 6.03 Å². The molecule has 4 nitrogen and oxygen atoms in total. The van der Waals surface area contributed by atoms with Crippen LogP contribution in [0.25, 0.3) is 0 Å². The first-order valence-electron chi connectivity index (χ1n) is 6.48. The summed E-state index contributed by atoms with van der Waals surface area (Å²) in [6.45, 7) is 3.29. The molecule has 4 heteroatoms. The maximum absolute atomic E-state index is 11.3. The van der Waals surface area contributed by atoms with Crippen LogP contribution in [0.1, 0.15) is 24.8 Å². The molecule has 0 bridgehead atoms. The molecule has 2 rings (SSSR count). The van der Waals surface area contributed by atoms with Gasteiger partial charge in [0.05, 0.1) is 6.61 Å². The number of nitrogens with one attached hydrogen (secondary N) is 2. The van der Waals surface area contributed by atoms with E-state index in [2.05, 4.69) is 10.6 Å². The van der Waals surface area contributed by atoms with E-state index < -0.39 is 0 Å². The number of aryl methyl sites for hydroxylation is 1. The Morgan fingerprint density at radius 1 is 1.39 bits per heavy atom. The second-order valence-corrected chi connectivity index (χ2v) is 4.64. The Morgan fingerprint density at radius 3 is 2.89 bits per heavy atom. The topological polar surface area (TPSA) is 50.4 Å². The number of carbonyl (C=O) groups is 1. The van der Waals surface area contributed by atoms with Gasteiger partial charge in [-0.3, -0.25) is 0 Å². The van der Waals surface area contributed by atoms with Gasteiger partial charge in [0.15, 0.2) is 0 Å². The van der Waals surface area contributed by atoms with Crippen molar-refractivity contribution in [1.82, 2.24) is 10.6 Å². The molecule has 0 saturated heterocycles. The second-order valence-electron chi connectivity index (χ2n) is 4.64. The number of ether oxygens (including phenoxy) is 1. The number of rotatable bonds is 6. The number of para-hydroxylation sites is 1. The number of amides is 2. The molecular weight excluding hydrogens is 228 g/mol. The van der Waals surface area contributed by atoms with Crippen molar-refractivity contribution in [3.63, 3.8) is 0 Å². The molecular formula is C14H20N2O2. The smallest absolute Gasteiger partial charge is 0.315 e. The van der Waals surface area contributed by atoms with E-state index in [0.29, 0.717) is 19.2 Å². The van der Waals surface area contributed by atoms with E-state index >= 15 is 0 Å². The summed E-state index contributed by atoms with van der Waals surface area (Å²) in [6.07, 6.45) is 3.04. The predicted octanol–water partition coefficient (Wildman–Crippen LogP) is 2.23. The van der Waals surface area contributed by atoms with Crippen LogP contribution in [0.15, 0.2) is 24.3 Å². The molecule has 98 valence electrons.